The lowest BCUT2D eigenvalue weighted by Crippen LogP contribution is -2.20. The van der Waals surface area contributed by atoms with Gasteiger partial charge in [-0.15, -0.1) is 12.3 Å². The molecule has 0 spiro atoms. The number of aromatic nitrogens is 2. The van der Waals surface area contributed by atoms with Gasteiger partial charge in [-0.25, -0.2) is 0 Å². The van der Waals surface area contributed by atoms with Gasteiger partial charge in [-0.2, -0.15) is 8.75 Å². The monoisotopic (exact) mass is 181 g/mol. The molecule has 3 nitrogen and oxygen atoms in total. The van der Waals surface area contributed by atoms with Crippen LogP contribution in [0.4, 0.5) is 0 Å². The first-order chi connectivity index (χ1) is 5.88. The maximum atomic E-state index is 5.23. The van der Waals surface area contributed by atoms with Gasteiger partial charge in [0.15, 0.2) is 0 Å². The highest BCUT2D eigenvalue weighted by atomic mass is 32.1. The summed E-state index contributed by atoms with van der Waals surface area (Å²) < 4.78 is 8.06. The third-order valence-electron chi connectivity index (χ3n) is 1.51. The minimum absolute atomic E-state index is 0.166. The lowest BCUT2D eigenvalue weighted by molar-refractivity contribution is 0.555. The number of terminal acetylenes is 1. The zero-order valence-corrected chi connectivity index (χ0v) is 7.77. The summed E-state index contributed by atoms with van der Waals surface area (Å²) >= 11 is 1.21. The number of hydrogen-bond donors (Lipinski definition) is 1. The van der Waals surface area contributed by atoms with Crippen molar-refractivity contribution in [1.29, 1.82) is 0 Å². The predicted octanol–water partition coefficient (Wildman–Crippen LogP) is 1.21. The molecule has 1 aromatic heterocycles. The Balaban J connectivity index is 2.61. The summed E-state index contributed by atoms with van der Waals surface area (Å²) in [5, 5.41) is 3.25. The van der Waals surface area contributed by atoms with Gasteiger partial charge >= 0.3 is 0 Å². The minimum atomic E-state index is 0.166. The standard InChI is InChI=1S/C8H11N3S/c1-3-5-7(9-4-2)8-6-10-12-11-8/h1,6-7,9H,4-5H2,2H3. The van der Waals surface area contributed by atoms with Crippen molar-refractivity contribution in [3.8, 4) is 12.3 Å². The van der Waals surface area contributed by atoms with Crippen LogP contribution < -0.4 is 5.32 Å². The van der Waals surface area contributed by atoms with Gasteiger partial charge in [-0.05, 0) is 6.54 Å². The van der Waals surface area contributed by atoms with E-state index >= 15 is 0 Å². The number of hydrogen-bond acceptors (Lipinski definition) is 4. The van der Waals surface area contributed by atoms with Crippen molar-refractivity contribution in [3.63, 3.8) is 0 Å². The van der Waals surface area contributed by atoms with Gasteiger partial charge in [-0.3, -0.25) is 0 Å². The Labute approximate surface area is 76.5 Å². The van der Waals surface area contributed by atoms with Crippen LogP contribution in [0.25, 0.3) is 0 Å². The maximum Gasteiger partial charge on any atom is 0.0922 e. The summed E-state index contributed by atoms with van der Waals surface area (Å²) in [4.78, 5) is 0. The molecule has 0 radical (unpaired) electrons. The molecule has 0 bridgehead atoms. The molecule has 0 saturated heterocycles. The van der Waals surface area contributed by atoms with E-state index in [9.17, 15) is 0 Å². The highest BCUT2D eigenvalue weighted by Gasteiger charge is 2.10. The smallest absolute Gasteiger partial charge is 0.0922 e. The fourth-order valence-corrected chi connectivity index (χ4v) is 1.44. The second kappa shape index (κ2) is 4.86. The molecule has 12 heavy (non-hydrogen) atoms. The van der Waals surface area contributed by atoms with Crippen LogP contribution in [-0.2, 0) is 0 Å². The van der Waals surface area contributed by atoms with E-state index in [1.165, 1.54) is 11.7 Å². The van der Waals surface area contributed by atoms with E-state index in [0.29, 0.717) is 6.42 Å². The van der Waals surface area contributed by atoms with Gasteiger partial charge in [-0.1, -0.05) is 6.92 Å². The molecule has 1 rings (SSSR count). The van der Waals surface area contributed by atoms with Crippen molar-refractivity contribution in [2.45, 2.75) is 19.4 Å². The third kappa shape index (κ3) is 2.29. The fraction of sp³-hybridized carbons (Fsp3) is 0.500. The summed E-state index contributed by atoms with van der Waals surface area (Å²) in [6, 6.07) is 0.166. The first-order valence-electron chi connectivity index (χ1n) is 3.82. The molecule has 64 valence electrons. The van der Waals surface area contributed by atoms with Gasteiger partial charge in [0.05, 0.1) is 29.7 Å². The lowest BCUT2D eigenvalue weighted by Gasteiger charge is -2.10. The van der Waals surface area contributed by atoms with Crippen LogP contribution in [0.2, 0.25) is 0 Å². The molecule has 1 atom stereocenters. The number of nitrogens with one attached hydrogen (secondary N) is 1. The van der Waals surface area contributed by atoms with E-state index in [1.807, 2.05) is 6.92 Å². The van der Waals surface area contributed by atoms with E-state index in [1.54, 1.807) is 6.20 Å². The van der Waals surface area contributed by atoms with E-state index in [0.717, 1.165) is 12.2 Å². The van der Waals surface area contributed by atoms with Crippen molar-refractivity contribution >= 4 is 11.7 Å². The highest BCUT2D eigenvalue weighted by Crippen LogP contribution is 2.13. The zero-order chi connectivity index (χ0) is 8.81. The zero-order valence-electron chi connectivity index (χ0n) is 6.95. The van der Waals surface area contributed by atoms with Crippen molar-refractivity contribution in [2.24, 2.45) is 0 Å². The molecule has 0 aliphatic carbocycles. The van der Waals surface area contributed by atoms with Crippen LogP contribution in [-0.4, -0.2) is 15.3 Å². The van der Waals surface area contributed by atoms with Crippen LogP contribution in [0.3, 0.4) is 0 Å². The normalized spacial score (nSPS) is 12.3. The van der Waals surface area contributed by atoms with Gasteiger partial charge in [0.2, 0.25) is 0 Å². The summed E-state index contributed by atoms with van der Waals surface area (Å²) in [5.41, 5.74) is 0.944. The molecule has 0 aliphatic heterocycles. The third-order valence-corrected chi connectivity index (χ3v) is 2.00. The number of rotatable bonds is 4. The second-order valence-corrected chi connectivity index (χ2v) is 2.91. The van der Waals surface area contributed by atoms with E-state index < -0.39 is 0 Å². The van der Waals surface area contributed by atoms with Gasteiger partial charge < -0.3 is 5.32 Å². The Morgan fingerprint density at radius 2 is 2.67 bits per heavy atom. The first-order valence-corrected chi connectivity index (χ1v) is 4.55. The molecule has 0 aliphatic rings. The molecule has 1 aromatic rings. The number of nitrogens with zero attached hydrogens (tertiary/aromatic N) is 2. The maximum absolute atomic E-state index is 5.23. The van der Waals surface area contributed by atoms with E-state index in [-0.39, 0.29) is 6.04 Å². The van der Waals surface area contributed by atoms with Crippen molar-refractivity contribution in [3.05, 3.63) is 11.9 Å². The Morgan fingerprint density at radius 3 is 3.17 bits per heavy atom. The first kappa shape index (κ1) is 9.17. The van der Waals surface area contributed by atoms with Crippen LogP contribution in [0.15, 0.2) is 6.20 Å². The summed E-state index contributed by atoms with van der Waals surface area (Å²) in [6.45, 7) is 2.94. The molecule has 1 heterocycles. The topological polar surface area (TPSA) is 37.8 Å². The largest absolute Gasteiger partial charge is 0.308 e. The minimum Gasteiger partial charge on any atom is -0.308 e. The van der Waals surface area contributed by atoms with E-state index in [2.05, 4.69) is 20.0 Å². The average molecular weight is 181 g/mol. The second-order valence-electron chi connectivity index (χ2n) is 2.35. The molecule has 1 unspecified atom stereocenters. The Morgan fingerprint density at radius 1 is 1.83 bits per heavy atom. The molecule has 4 heteroatoms. The summed E-state index contributed by atoms with van der Waals surface area (Å²) in [5.74, 6) is 2.62. The Hall–Kier alpha value is -0.920. The molecule has 0 amide bonds. The van der Waals surface area contributed by atoms with Crippen LogP contribution in [0.5, 0.6) is 0 Å². The Kier molecular flexibility index (Phi) is 3.71. The summed E-state index contributed by atoms with van der Waals surface area (Å²) in [7, 11) is 0. The van der Waals surface area contributed by atoms with E-state index in [4.69, 9.17) is 6.42 Å². The van der Waals surface area contributed by atoms with Gasteiger partial charge in [0.25, 0.3) is 0 Å². The van der Waals surface area contributed by atoms with Crippen molar-refractivity contribution < 1.29 is 0 Å². The van der Waals surface area contributed by atoms with Crippen LogP contribution in [0, 0.1) is 12.3 Å². The average Bonchev–Trinajstić information content (AvgIpc) is 2.56. The molecule has 1 N–H and O–H groups in total. The van der Waals surface area contributed by atoms with Gasteiger partial charge in [0, 0.05) is 6.42 Å². The molecule has 0 saturated carbocycles. The fourth-order valence-electron chi connectivity index (χ4n) is 0.971. The van der Waals surface area contributed by atoms with Gasteiger partial charge in [0.1, 0.15) is 0 Å². The quantitative estimate of drug-likeness (QED) is 0.709. The van der Waals surface area contributed by atoms with Crippen LogP contribution in [0.1, 0.15) is 25.1 Å². The molecule has 0 aromatic carbocycles. The SMILES string of the molecule is C#CCC(NCC)c1cnsn1. The predicted molar refractivity (Wildman–Crippen MR) is 49.8 cm³/mol. The molecular formula is C8H11N3S. The lowest BCUT2D eigenvalue weighted by atomic mass is 10.1. The Bertz CT molecular complexity index is 250. The summed E-state index contributed by atoms with van der Waals surface area (Å²) in [6.07, 6.45) is 7.66. The van der Waals surface area contributed by atoms with Crippen molar-refractivity contribution in [1.82, 2.24) is 14.1 Å². The highest BCUT2D eigenvalue weighted by molar-refractivity contribution is 6.99. The van der Waals surface area contributed by atoms with Crippen molar-refractivity contribution in [2.75, 3.05) is 6.54 Å². The van der Waals surface area contributed by atoms with Crippen LogP contribution >= 0.6 is 11.7 Å². The molecular weight excluding hydrogens is 170 g/mol. The molecule has 0 fully saturated rings.